The highest BCUT2D eigenvalue weighted by atomic mass is 35.5. The maximum absolute atomic E-state index is 12.3. The highest BCUT2D eigenvalue weighted by Crippen LogP contribution is 2.24. The fourth-order valence-corrected chi connectivity index (χ4v) is 2.64. The Morgan fingerprint density at radius 1 is 1.11 bits per heavy atom. The lowest BCUT2D eigenvalue weighted by atomic mass is 10.2. The van der Waals surface area contributed by atoms with Crippen LogP contribution in [0.15, 0.2) is 65.1 Å². The number of carbonyl (C=O) groups excluding carboxylic acids is 2. The Morgan fingerprint density at radius 2 is 1.85 bits per heavy atom. The van der Waals surface area contributed by atoms with Crippen molar-refractivity contribution < 1.29 is 18.7 Å². The molecule has 6 heteroatoms. The fourth-order valence-electron chi connectivity index (χ4n) is 2.51. The normalized spacial score (nSPS) is 10.4. The van der Waals surface area contributed by atoms with Gasteiger partial charge in [-0.2, -0.15) is 0 Å². The van der Waals surface area contributed by atoms with E-state index in [0.717, 1.165) is 5.56 Å². The number of ether oxygens (including phenoxy) is 1. The third-order valence-corrected chi connectivity index (χ3v) is 4.26. The first-order valence-electron chi connectivity index (χ1n) is 8.32. The van der Waals surface area contributed by atoms with Crippen LogP contribution in [-0.2, 0) is 11.3 Å². The average molecular weight is 384 g/mol. The minimum atomic E-state index is -0.222. The summed E-state index contributed by atoms with van der Waals surface area (Å²) in [6, 6.07) is 17.8. The minimum absolute atomic E-state index is 0.161. The molecule has 2 aromatic carbocycles. The number of para-hydroxylation sites is 1. The van der Waals surface area contributed by atoms with Gasteiger partial charge in [-0.25, -0.2) is 0 Å². The molecule has 138 valence electrons. The van der Waals surface area contributed by atoms with Gasteiger partial charge in [0.25, 0.3) is 5.91 Å². The Bertz CT molecular complexity index is 933. The van der Waals surface area contributed by atoms with E-state index >= 15 is 0 Å². The van der Waals surface area contributed by atoms with Crippen molar-refractivity contribution in [2.45, 2.75) is 6.54 Å². The summed E-state index contributed by atoms with van der Waals surface area (Å²) >= 11 is 5.90. The van der Waals surface area contributed by atoms with Crippen LogP contribution in [0.2, 0.25) is 5.02 Å². The van der Waals surface area contributed by atoms with Crippen LogP contribution in [-0.4, -0.2) is 30.7 Å². The lowest BCUT2D eigenvalue weighted by Crippen LogP contribution is -2.30. The molecule has 27 heavy (non-hydrogen) atoms. The van der Waals surface area contributed by atoms with Crippen molar-refractivity contribution in [2.24, 2.45) is 0 Å². The van der Waals surface area contributed by atoms with E-state index < -0.39 is 0 Å². The molecule has 0 fully saturated rings. The average Bonchev–Trinajstić information content (AvgIpc) is 3.15. The predicted molar refractivity (Wildman–Crippen MR) is 103 cm³/mol. The molecule has 1 heterocycles. The highest BCUT2D eigenvalue weighted by molar-refractivity contribution is 6.30. The molecule has 1 aromatic heterocycles. The first-order chi connectivity index (χ1) is 13.1. The maximum atomic E-state index is 12.3. The van der Waals surface area contributed by atoms with Crippen LogP contribution < -0.4 is 4.74 Å². The van der Waals surface area contributed by atoms with E-state index in [0.29, 0.717) is 40.7 Å². The Balaban J connectivity index is 1.58. The number of halogens is 1. The first-order valence-corrected chi connectivity index (χ1v) is 8.70. The maximum Gasteiger partial charge on any atom is 0.260 e. The van der Waals surface area contributed by atoms with E-state index in [1.807, 2.05) is 24.3 Å². The number of hydrogen-bond acceptors (Lipinski definition) is 4. The van der Waals surface area contributed by atoms with Crippen molar-refractivity contribution in [2.75, 3.05) is 13.7 Å². The first kappa shape index (κ1) is 18.7. The van der Waals surface area contributed by atoms with Crippen LogP contribution >= 0.6 is 11.6 Å². The molecular weight excluding hydrogens is 366 g/mol. The summed E-state index contributed by atoms with van der Waals surface area (Å²) in [5.41, 5.74) is 1.32. The van der Waals surface area contributed by atoms with Gasteiger partial charge >= 0.3 is 0 Å². The van der Waals surface area contributed by atoms with Gasteiger partial charge in [0.05, 0.1) is 12.1 Å². The zero-order chi connectivity index (χ0) is 19.2. The predicted octanol–water partition coefficient (Wildman–Crippen LogP) is 4.45. The van der Waals surface area contributed by atoms with Gasteiger partial charge in [0.2, 0.25) is 0 Å². The Morgan fingerprint density at radius 3 is 2.59 bits per heavy atom. The van der Waals surface area contributed by atoms with Gasteiger partial charge in [0.15, 0.2) is 12.9 Å². The van der Waals surface area contributed by atoms with Gasteiger partial charge < -0.3 is 14.1 Å². The zero-order valence-electron chi connectivity index (χ0n) is 14.7. The standard InChI is InChI=1S/C21H18ClNO4/c1-23(21(25)14-26-19-5-3-2-4-16(19)13-24)12-18-10-11-20(27-18)15-6-8-17(22)9-7-15/h2-11,13H,12,14H2,1H3. The van der Waals surface area contributed by atoms with Crippen LogP contribution in [0.4, 0.5) is 0 Å². The zero-order valence-corrected chi connectivity index (χ0v) is 15.5. The number of rotatable bonds is 7. The van der Waals surface area contributed by atoms with Crippen molar-refractivity contribution in [1.29, 1.82) is 0 Å². The molecule has 0 N–H and O–H groups in total. The number of furan rings is 1. The molecule has 0 unspecified atom stereocenters. The van der Waals surface area contributed by atoms with Gasteiger partial charge in [-0.1, -0.05) is 23.7 Å². The molecule has 0 bridgehead atoms. The largest absolute Gasteiger partial charge is 0.483 e. The number of amides is 1. The third-order valence-electron chi connectivity index (χ3n) is 4.01. The van der Waals surface area contributed by atoms with Gasteiger partial charge in [-0.05, 0) is 48.5 Å². The summed E-state index contributed by atoms with van der Waals surface area (Å²) in [7, 11) is 1.67. The SMILES string of the molecule is CN(Cc1ccc(-c2ccc(Cl)cc2)o1)C(=O)COc1ccccc1C=O. The van der Waals surface area contributed by atoms with Crippen LogP contribution in [0.3, 0.4) is 0 Å². The molecule has 0 atom stereocenters. The van der Waals surface area contributed by atoms with Crippen LogP contribution in [0, 0.1) is 0 Å². The molecule has 0 aliphatic rings. The molecule has 0 saturated heterocycles. The molecule has 0 aliphatic heterocycles. The van der Waals surface area contributed by atoms with Crippen molar-refractivity contribution in [3.8, 4) is 17.1 Å². The van der Waals surface area contributed by atoms with Crippen molar-refractivity contribution >= 4 is 23.8 Å². The number of benzene rings is 2. The monoisotopic (exact) mass is 383 g/mol. The summed E-state index contributed by atoms with van der Waals surface area (Å²) in [4.78, 5) is 24.8. The summed E-state index contributed by atoms with van der Waals surface area (Å²) in [6.07, 6.45) is 0.699. The number of aldehydes is 1. The molecule has 3 aromatic rings. The van der Waals surface area contributed by atoms with Crippen molar-refractivity contribution in [3.63, 3.8) is 0 Å². The fraction of sp³-hybridized carbons (Fsp3) is 0.143. The number of carbonyl (C=O) groups is 2. The van der Waals surface area contributed by atoms with E-state index in [9.17, 15) is 9.59 Å². The number of nitrogens with zero attached hydrogens (tertiary/aromatic N) is 1. The van der Waals surface area contributed by atoms with Crippen LogP contribution in [0.5, 0.6) is 5.75 Å². The third kappa shape index (κ3) is 4.77. The quantitative estimate of drug-likeness (QED) is 0.565. The van der Waals surface area contributed by atoms with E-state index in [-0.39, 0.29) is 12.5 Å². The molecule has 1 amide bonds. The van der Waals surface area contributed by atoms with E-state index in [4.69, 9.17) is 20.8 Å². The Kier molecular flexibility index (Phi) is 5.94. The van der Waals surface area contributed by atoms with Gasteiger partial charge in [-0.3, -0.25) is 9.59 Å². The lowest BCUT2D eigenvalue weighted by molar-refractivity contribution is -0.132. The summed E-state index contributed by atoms with van der Waals surface area (Å²) in [5.74, 6) is 1.53. The molecule has 0 saturated carbocycles. The van der Waals surface area contributed by atoms with Crippen molar-refractivity contribution in [3.05, 3.63) is 77.0 Å². The molecule has 3 rings (SSSR count). The van der Waals surface area contributed by atoms with E-state index in [1.165, 1.54) is 4.90 Å². The topological polar surface area (TPSA) is 59.8 Å². The van der Waals surface area contributed by atoms with Crippen molar-refractivity contribution in [1.82, 2.24) is 4.90 Å². The molecular formula is C21H18ClNO4. The Labute approximate surface area is 162 Å². The second-order valence-corrected chi connectivity index (χ2v) is 6.40. The molecule has 0 aliphatic carbocycles. The molecule has 5 nitrogen and oxygen atoms in total. The van der Waals surface area contributed by atoms with Gasteiger partial charge in [-0.15, -0.1) is 0 Å². The number of hydrogen-bond donors (Lipinski definition) is 0. The summed E-state index contributed by atoms with van der Waals surface area (Å²) < 4.78 is 11.3. The lowest BCUT2D eigenvalue weighted by Gasteiger charge is -2.16. The summed E-state index contributed by atoms with van der Waals surface area (Å²) in [5, 5.41) is 0.659. The van der Waals surface area contributed by atoms with Gasteiger partial charge in [0, 0.05) is 17.6 Å². The van der Waals surface area contributed by atoms with E-state index in [1.54, 1.807) is 43.4 Å². The summed E-state index contributed by atoms with van der Waals surface area (Å²) in [6.45, 7) is 0.150. The smallest absolute Gasteiger partial charge is 0.260 e. The number of likely N-dealkylation sites (N-methyl/N-ethyl adjacent to an activating group) is 1. The molecule has 0 radical (unpaired) electrons. The minimum Gasteiger partial charge on any atom is -0.483 e. The van der Waals surface area contributed by atoms with Gasteiger partial charge in [0.1, 0.15) is 17.3 Å². The molecule has 0 spiro atoms. The Hall–Kier alpha value is -3.05. The second-order valence-electron chi connectivity index (χ2n) is 5.97. The second kappa shape index (κ2) is 8.56. The van der Waals surface area contributed by atoms with Crippen LogP contribution in [0.25, 0.3) is 11.3 Å². The van der Waals surface area contributed by atoms with Crippen LogP contribution in [0.1, 0.15) is 16.1 Å². The highest BCUT2D eigenvalue weighted by Gasteiger charge is 2.14. The van der Waals surface area contributed by atoms with E-state index in [2.05, 4.69) is 0 Å².